The van der Waals surface area contributed by atoms with E-state index in [0.717, 1.165) is 37.5 Å². The Morgan fingerprint density at radius 2 is 1.79 bits per heavy atom. The van der Waals surface area contributed by atoms with Crippen molar-refractivity contribution in [2.45, 2.75) is 77.3 Å². The monoisotopic (exact) mass is 266 g/mol. The first kappa shape index (κ1) is 14.8. The van der Waals surface area contributed by atoms with Gasteiger partial charge in [-0.2, -0.15) is 0 Å². The Bertz CT molecular complexity index is 295. The Kier molecular flexibility index (Phi) is 5.26. The van der Waals surface area contributed by atoms with Crippen LogP contribution in [0.2, 0.25) is 0 Å². The van der Waals surface area contributed by atoms with Gasteiger partial charge >= 0.3 is 0 Å². The highest BCUT2D eigenvalue weighted by molar-refractivity contribution is 5.76. The van der Waals surface area contributed by atoms with Crippen molar-refractivity contribution in [3.8, 4) is 0 Å². The third kappa shape index (κ3) is 4.79. The summed E-state index contributed by atoms with van der Waals surface area (Å²) in [5, 5.41) is 3.26. The molecule has 3 N–H and O–H groups in total. The largest absolute Gasteiger partial charge is 0.353 e. The molecule has 0 aliphatic heterocycles. The number of hydrogen-bond donors (Lipinski definition) is 2. The van der Waals surface area contributed by atoms with Crippen LogP contribution >= 0.6 is 0 Å². The normalized spacial score (nSPS) is 39.8. The molecule has 110 valence electrons. The van der Waals surface area contributed by atoms with Crippen LogP contribution in [0.3, 0.4) is 0 Å². The van der Waals surface area contributed by atoms with Gasteiger partial charge in [0.05, 0.1) is 0 Å². The molecule has 2 fully saturated rings. The summed E-state index contributed by atoms with van der Waals surface area (Å²) in [5.74, 6) is 2.27. The number of carbonyl (C=O) groups excluding carboxylic acids is 1. The minimum absolute atomic E-state index is 0.255. The van der Waals surface area contributed by atoms with Crippen LogP contribution in [0.5, 0.6) is 0 Å². The standard InChI is InChI=1S/C16H30N2O/c1-11-6-12(2)8-15(7-11)18-16(19)10-13-4-3-5-14(17)9-13/h11-15H,3-10,17H2,1-2H3,(H,18,19). The summed E-state index contributed by atoms with van der Waals surface area (Å²) in [6.07, 6.45) is 8.84. The van der Waals surface area contributed by atoms with E-state index in [-0.39, 0.29) is 5.91 Å². The van der Waals surface area contributed by atoms with E-state index in [1.165, 1.54) is 19.3 Å². The maximum Gasteiger partial charge on any atom is 0.220 e. The molecular formula is C16H30N2O. The topological polar surface area (TPSA) is 55.1 Å². The van der Waals surface area contributed by atoms with E-state index in [1.54, 1.807) is 0 Å². The van der Waals surface area contributed by atoms with Crippen LogP contribution in [0.25, 0.3) is 0 Å². The van der Waals surface area contributed by atoms with E-state index in [9.17, 15) is 4.79 Å². The molecule has 0 spiro atoms. The maximum absolute atomic E-state index is 12.1. The van der Waals surface area contributed by atoms with Crippen LogP contribution in [0, 0.1) is 17.8 Å². The zero-order chi connectivity index (χ0) is 13.8. The van der Waals surface area contributed by atoms with E-state index >= 15 is 0 Å². The molecule has 4 unspecified atom stereocenters. The summed E-state index contributed by atoms with van der Waals surface area (Å²) in [6, 6.07) is 0.727. The molecule has 2 aliphatic carbocycles. The van der Waals surface area contributed by atoms with Gasteiger partial charge < -0.3 is 11.1 Å². The van der Waals surface area contributed by atoms with Crippen molar-refractivity contribution in [3.05, 3.63) is 0 Å². The Morgan fingerprint density at radius 3 is 2.42 bits per heavy atom. The summed E-state index contributed by atoms with van der Waals surface area (Å²) in [5.41, 5.74) is 5.99. The van der Waals surface area contributed by atoms with Gasteiger partial charge in [0.25, 0.3) is 0 Å². The van der Waals surface area contributed by atoms with Crippen LogP contribution in [-0.2, 0) is 4.79 Å². The second-order valence-electron chi connectivity index (χ2n) is 7.18. The van der Waals surface area contributed by atoms with Crippen LogP contribution in [0.15, 0.2) is 0 Å². The van der Waals surface area contributed by atoms with Crippen molar-refractivity contribution in [1.29, 1.82) is 0 Å². The van der Waals surface area contributed by atoms with Gasteiger partial charge in [-0.05, 0) is 56.3 Å². The van der Waals surface area contributed by atoms with Gasteiger partial charge in [0.15, 0.2) is 0 Å². The summed E-state index contributed by atoms with van der Waals surface area (Å²) < 4.78 is 0. The molecule has 4 atom stereocenters. The predicted octanol–water partition coefficient (Wildman–Crippen LogP) is 2.83. The van der Waals surface area contributed by atoms with Crippen molar-refractivity contribution in [2.75, 3.05) is 0 Å². The fraction of sp³-hybridized carbons (Fsp3) is 0.938. The Labute approximate surface area is 117 Å². The fourth-order valence-corrected chi connectivity index (χ4v) is 4.13. The van der Waals surface area contributed by atoms with Crippen molar-refractivity contribution in [3.63, 3.8) is 0 Å². The summed E-state index contributed by atoms with van der Waals surface area (Å²) in [7, 11) is 0. The highest BCUT2D eigenvalue weighted by atomic mass is 16.1. The van der Waals surface area contributed by atoms with E-state index in [4.69, 9.17) is 5.73 Å². The van der Waals surface area contributed by atoms with Crippen molar-refractivity contribution >= 4 is 5.91 Å². The third-order valence-electron chi connectivity index (χ3n) is 4.84. The smallest absolute Gasteiger partial charge is 0.220 e. The number of carbonyl (C=O) groups is 1. The average Bonchev–Trinajstić information content (AvgIpc) is 2.26. The molecule has 0 aromatic rings. The molecule has 1 amide bonds. The van der Waals surface area contributed by atoms with Gasteiger partial charge in [-0.15, -0.1) is 0 Å². The maximum atomic E-state index is 12.1. The SMILES string of the molecule is CC1CC(C)CC(NC(=O)CC2CCCC(N)C2)C1. The van der Waals surface area contributed by atoms with Crippen molar-refractivity contribution in [2.24, 2.45) is 23.5 Å². The molecule has 0 aromatic carbocycles. The molecule has 0 aromatic heterocycles. The van der Waals surface area contributed by atoms with Crippen molar-refractivity contribution in [1.82, 2.24) is 5.32 Å². The molecule has 2 aliphatic rings. The van der Waals surface area contributed by atoms with Crippen LogP contribution in [0.1, 0.15) is 65.2 Å². The Balaban J connectivity index is 1.74. The van der Waals surface area contributed by atoms with Gasteiger partial charge in [0.2, 0.25) is 5.91 Å². The Morgan fingerprint density at radius 1 is 1.11 bits per heavy atom. The van der Waals surface area contributed by atoms with E-state index in [0.29, 0.717) is 24.4 Å². The highest BCUT2D eigenvalue weighted by Gasteiger charge is 2.27. The van der Waals surface area contributed by atoms with E-state index in [2.05, 4.69) is 19.2 Å². The molecule has 19 heavy (non-hydrogen) atoms. The second kappa shape index (κ2) is 6.74. The lowest BCUT2D eigenvalue weighted by molar-refractivity contribution is -0.123. The number of nitrogens with two attached hydrogens (primary N) is 1. The highest BCUT2D eigenvalue weighted by Crippen LogP contribution is 2.29. The van der Waals surface area contributed by atoms with E-state index < -0.39 is 0 Å². The molecule has 0 heterocycles. The van der Waals surface area contributed by atoms with Crippen LogP contribution in [0.4, 0.5) is 0 Å². The molecule has 0 radical (unpaired) electrons. The zero-order valence-corrected chi connectivity index (χ0v) is 12.5. The van der Waals surface area contributed by atoms with E-state index in [1.807, 2.05) is 0 Å². The minimum atomic E-state index is 0.255. The van der Waals surface area contributed by atoms with Gasteiger partial charge in [-0.3, -0.25) is 4.79 Å². The van der Waals surface area contributed by atoms with Gasteiger partial charge in [0.1, 0.15) is 0 Å². The first-order valence-corrected chi connectivity index (χ1v) is 8.08. The predicted molar refractivity (Wildman–Crippen MR) is 78.7 cm³/mol. The third-order valence-corrected chi connectivity index (χ3v) is 4.84. The molecule has 0 saturated heterocycles. The minimum Gasteiger partial charge on any atom is -0.353 e. The number of amides is 1. The van der Waals surface area contributed by atoms with Crippen LogP contribution in [-0.4, -0.2) is 18.0 Å². The zero-order valence-electron chi connectivity index (χ0n) is 12.5. The average molecular weight is 266 g/mol. The quantitative estimate of drug-likeness (QED) is 0.825. The van der Waals surface area contributed by atoms with Gasteiger partial charge in [-0.25, -0.2) is 0 Å². The first-order chi connectivity index (χ1) is 9.02. The van der Waals surface area contributed by atoms with Crippen LogP contribution < -0.4 is 11.1 Å². The molecule has 3 nitrogen and oxygen atoms in total. The number of hydrogen-bond acceptors (Lipinski definition) is 2. The number of rotatable bonds is 3. The lowest BCUT2D eigenvalue weighted by atomic mass is 9.80. The summed E-state index contributed by atoms with van der Waals surface area (Å²) in [4.78, 5) is 12.1. The van der Waals surface area contributed by atoms with Gasteiger partial charge in [0, 0.05) is 18.5 Å². The lowest BCUT2D eigenvalue weighted by Crippen LogP contribution is -2.41. The second-order valence-corrected chi connectivity index (χ2v) is 7.18. The first-order valence-electron chi connectivity index (χ1n) is 8.08. The Hall–Kier alpha value is -0.570. The molecular weight excluding hydrogens is 236 g/mol. The molecule has 0 bridgehead atoms. The summed E-state index contributed by atoms with van der Waals surface area (Å²) >= 11 is 0. The summed E-state index contributed by atoms with van der Waals surface area (Å²) in [6.45, 7) is 4.60. The van der Waals surface area contributed by atoms with Gasteiger partial charge in [-0.1, -0.05) is 20.3 Å². The van der Waals surface area contributed by atoms with Crippen molar-refractivity contribution < 1.29 is 4.79 Å². The molecule has 3 heteroatoms. The molecule has 2 saturated carbocycles. The lowest BCUT2D eigenvalue weighted by Gasteiger charge is -2.33. The number of nitrogens with one attached hydrogen (secondary N) is 1. The molecule has 2 rings (SSSR count). The fourth-order valence-electron chi connectivity index (χ4n) is 4.13.